The van der Waals surface area contributed by atoms with Gasteiger partial charge in [0.05, 0.1) is 5.60 Å². The fourth-order valence-corrected chi connectivity index (χ4v) is 8.87. The van der Waals surface area contributed by atoms with E-state index in [0.717, 1.165) is 42.9 Å². The second-order valence-corrected chi connectivity index (χ2v) is 11.1. The van der Waals surface area contributed by atoms with Crippen LogP contribution in [-0.2, 0) is 4.79 Å². The third-order valence-corrected chi connectivity index (χ3v) is 9.86. The number of ketones is 1. The van der Waals surface area contributed by atoms with Crippen LogP contribution in [0.25, 0.3) is 0 Å². The number of carbonyl (C=O) groups excluding carboxylic acids is 1. The summed E-state index contributed by atoms with van der Waals surface area (Å²) in [4.78, 5) is 12.3. The van der Waals surface area contributed by atoms with E-state index < -0.39 is 5.60 Å². The SMILES string of the molecule is CCC[C@]12CC[C@@](C)(O)C[C@H]1CC[C@H]1[C@@H]3CC[C@H](C(C)=O)[C@@]3(C)CC[C@@H]12. The minimum atomic E-state index is -0.439. The first-order chi connectivity index (χ1) is 12.2. The molecule has 26 heavy (non-hydrogen) atoms. The summed E-state index contributed by atoms with van der Waals surface area (Å²) in [5, 5.41) is 10.7. The predicted molar refractivity (Wildman–Crippen MR) is 106 cm³/mol. The Morgan fingerprint density at radius 2 is 1.77 bits per heavy atom. The second-order valence-electron chi connectivity index (χ2n) is 11.1. The van der Waals surface area contributed by atoms with Gasteiger partial charge in [0.2, 0.25) is 0 Å². The molecule has 0 bridgehead atoms. The van der Waals surface area contributed by atoms with Gasteiger partial charge in [-0.05, 0) is 113 Å². The second kappa shape index (κ2) is 6.33. The average Bonchev–Trinajstić information content (AvgIpc) is 2.92. The largest absolute Gasteiger partial charge is 0.390 e. The van der Waals surface area contributed by atoms with E-state index in [-0.39, 0.29) is 5.41 Å². The lowest BCUT2D eigenvalue weighted by Gasteiger charge is -2.63. The first-order valence-corrected chi connectivity index (χ1v) is 11.5. The molecule has 0 amide bonds. The smallest absolute Gasteiger partial charge is 0.133 e. The zero-order chi connectivity index (χ0) is 18.7. The van der Waals surface area contributed by atoms with Gasteiger partial charge >= 0.3 is 0 Å². The van der Waals surface area contributed by atoms with Crippen LogP contribution in [0.3, 0.4) is 0 Å². The summed E-state index contributed by atoms with van der Waals surface area (Å²) < 4.78 is 0. The monoisotopic (exact) mass is 360 g/mol. The molecule has 4 rings (SSSR count). The van der Waals surface area contributed by atoms with Gasteiger partial charge in [0.15, 0.2) is 0 Å². The lowest BCUT2D eigenvalue weighted by atomic mass is 9.42. The summed E-state index contributed by atoms with van der Waals surface area (Å²) >= 11 is 0. The molecule has 4 fully saturated rings. The Hall–Kier alpha value is -0.370. The van der Waals surface area contributed by atoms with Crippen molar-refractivity contribution in [2.45, 2.75) is 104 Å². The Labute approximate surface area is 160 Å². The van der Waals surface area contributed by atoms with Crippen LogP contribution in [0.2, 0.25) is 0 Å². The number of carbonyl (C=O) groups is 1. The van der Waals surface area contributed by atoms with E-state index in [9.17, 15) is 9.90 Å². The normalized spacial score (nSPS) is 53.5. The topological polar surface area (TPSA) is 37.3 Å². The van der Waals surface area contributed by atoms with Crippen LogP contribution < -0.4 is 0 Å². The number of Topliss-reactive ketones (excluding diaryl/α,β-unsaturated/α-hetero) is 1. The van der Waals surface area contributed by atoms with Crippen molar-refractivity contribution in [2.24, 2.45) is 40.4 Å². The molecule has 0 aromatic heterocycles. The fraction of sp³-hybridized carbons (Fsp3) is 0.958. The number of rotatable bonds is 3. The summed E-state index contributed by atoms with van der Waals surface area (Å²) in [6, 6.07) is 0. The molecule has 4 aliphatic carbocycles. The Balaban J connectivity index is 1.65. The third-order valence-electron chi connectivity index (χ3n) is 9.86. The molecule has 148 valence electrons. The van der Waals surface area contributed by atoms with Crippen LogP contribution in [0.5, 0.6) is 0 Å². The number of hydrogen-bond acceptors (Lipinski definition) is 2. The molecule has 0 spiro atoms. The highest BCUT2D eigenvalue weighted by Crippen LogP contribution is 2.69. The molecule has 1 N–H and O–H groups in total. The van der Waals surface area contributed by atoms with Crippen LogP contribution in [0.1, 0.15) is 98.3 Å². The molecule has 0 heterocycles. The van der Waals surface area contributed by atoms with Crippen molar-refractivity contribution in [2.75, 3.05) is 0 Å². The average molecular weight is 361 g/mol. The number of fused-ring (bicyclic) bond motifs is 5. The maximum absolute atomic E-state index is 12.3. The van der Waals surface area contributed by atoms with Gasteiger partial charge in [-0.3, -0.25) is 4.79 Å². The zero-order valence-electron chi connectivity index (χ0n) is 17.5. The number of hydrogen-bond donors (Lipinski definition) is 1. The molecule has 8 atom stereocenters. The highest BCUT2D eigenvalue weighted by Gasteiger charge is 2.62. The lowest BCUT2D eigenvalue weighted by molar-refractivity contribution is -0.159. The Kier molecular flexibility index (Phi) is 4.61. The van der Waals surface area contributed by atoms with E-state index >= 15 is 0 Å². The van der Waals surface area contributed by atoms with E-state index in [0.29, 0.717) is 17.1 Å². The lowest BCUT2D eigenvalue weighted by Crippen LogP contribution is -2.56. The molecule has 4 saturated carbocycles. The van der Waals surface area contributed by atoms with Crippen molar-refractivity contribution in [1.29, 1.82) is 0 Å². The summed E-state index contributed by atoms with van der Waals surface area (Å²) in [5.74, 6) is 3.94. The molecule has 0 aliphatic heterocycles. The molecule has 0 aromatic carbocycles. The van der Waals surface area contributed by atoms with Crippen molar-refractivity contribution in [3.05, 3.63) is 0 Å². The molecule has 0 saturated heterocycles. The van der Waals surface area contributed by atoms with Gasteiger partial charge in [0, 0.05) is 5.92 Å². The van der Waals surface area contributed by atoms with Gasteiger partial charge in [0.1, 0.15) is 5.78 Å². The minimum Gasteiger partial charge on any atom is -0.390 e. The van der Waals surface area contributed by atoms with Crippen molar-refractivity contribution in [3.63, 3.8) is 0 Å². The van der Waals surface area contributed by atoms with Gasteiger partial charge in [-0.15, -0.1) is 0 Å². The quantitative estimate of drug-likeness (QED) is 0.694. The van der Waals surface area contributed by atoms with E-state index in [1.807, 2.05) is 6.92 Å². The van der Waals surface area contributed by atoms with Crippen LogP contribution >= 0.6 is 0 Å². The van der Waals surface area contributed by atoms with Crippen LogP contribution in [0, 0.1) is 40.4 Å². The van der Waals surface area contributed by atoms with E-state index in [2.05, 4.69) is 20.8 Å². The van der Waals surface area contributed by atoms with E-state index in [1.54, 1.807) is 0 Å². The van der Waals surface area contributed by atoms with Crippen molar-refractivity contribution in [3.8, 4) is 0 Å². The van der Waals surface area contributed by atoms with Gasteiger partial charge in [-0.2, -0.15) is 0 Å². The standard InChI is InChI=1S/C24H40O2/c1-5-11-24-14-13-22(3,26)15-17(24)6-7-18-20-9-8-19(16(2)25)23(20,4)12-10-21(18)24/h17-21,26H,5-15H2,1-4H3/t17-,18+,19-,20+,21+,22-,23-,24+/m1/s1. The molecule has 0 unspecified atom stereocenters. The van der Waals surface area contributed by atoms with Gasteiger partial charge in [-0.25, -0.2) is 0 Å². The summed E-state index contributed by atoms with van der Waals surface area (Å²) in [7, 11) is 0. The molecule has 0 aromatic rings. The van der Waals surface area contributed by atoms with Crippen LogP contribution in [-0.4, -0.2) is 16.5 Å². The van der Waals surface area contributed by atoms with Crippen molar-refractivity contribution < 1.29 is 9.90 Å². The summed E-state index contributed by atoms with van der Waals surface area (Å²) in [6.45, 7) is 8.72. The minimum absolute atomic E-state index is 0.271. The van der Waals surface area contributed by atoms with Crippen LogP contribution in [0.4, 0.5) is 0 Å². The zero-order valence-corrected chi connectivity index (χ0v) is 17.5. The van der Waals surface area contributed by atoms with E-state index in [1.165, 1.54) is 51.4 Å². The van der Waals surface area contributed by atoms with Crippen molar-refractivity contribution in [1.82, 2.24) is 0 Å². The molecular weight excluding hydrogens is 320 g/mol. The summed E-state index contributed by atoms with van der Waals surface area (Å²) in [6.07, 6.45) is 13.6. The molecule has 0 radical (unpaired) electrons. The Morgan fingerprint density at radius 3 is 2.46 bits per heavy atom. The Bertz CT molecular complexity index is 567. The molecule has 4 aliphatic rings. The predicted octanol–water partition coefficient (Wildman–Crippen LogP) is 5.77. The maximum Gasteiger partial charge on any atom is 0.133 e. The van der Waals surface area contributed by atoms with E-state index in [4.69, 9.17) is 0 Å². The van der Waals surface area contributed by atoms with Crippen LogP contribution in [0.15, 0.2) is 0 Å². The third kappa shape index (κ3) is 2.65. The summed E-state index contributed by atoms with van der Waals surface area (Å²) in [5.41, 5.74) is 0.313. The highest BCUT2D eigenvalue weighted by molar-refractivity contribution is 5.79. The first-order valence-electron chi connectivity index (χ1n) is 11.5. The van der Waals surface area contributed by atoms with Gasteiger partial charge in [0.25, 0.3) is 0 Å². The van der Waals surface area contributed by atoms with Gasteiger partial charge in [-0.1, -0.05) is 20.3 Å². The highest BCUT2D eigenvalue weighted by atomic mass is 16.3. The van der Waals surface area contributed by atoms with Gasteiger partial charge < -0.3 is 5.11 Å². The molecular formula is C24H40O2. The molecule has 2 heteroatoms. The first kappa shape index (κ1) is 19.0. The maximum atomic E-state index is 12.3. The van der Waals surface area contributed by atoms with Crippen molar-refractivity contribution >= 4 is 5.78 Å². The Morgan fingerprint density at radius 1 is 1.00 bits per heavy atom. The fourth-order valence-electron chi connectivity index (χ4n) is 8.87. The number of aliphatic hydroxyl groups is 1. The molecule has 2 nitrogen and oxygen atoms in total.